The van der Waals surface area contributed by atoms with Crippen LogP contribution < -0.4 is 0 Å². The zero-order valence-electron chi connectivity index (χ0n) is 38.1. The number of pyridine rings is 1. The van der Waals surface area contributed by atoms with E-state index in [1.807, 2.05) is 49.4 Å². The topological polar surface area (TPSA) is 57.0 Å². The van der Waals surface area contributed by atoms with E-state index in [2.05, 4.69) is 140 Å². The number of furan rings is 2. The molecule has 0 fully saturated rings. The fourth-order valence-electron chi connectivity index (χ4n) is 8.38. The molecule has 1 radical (unpaired) electrons. The second-order valence-corrected chi connectivity index (χ2v) is 16.3. The molecule has 0 spiro atoms. The maximum atomic E-state index is 7.26. The molecule has 0 aliphatic carbocycles. The Morgan fingerprint density at radius 2 is 1.32 bits per heavy atom. The van der Waals surface area contributed by atoms with Crippen LogP contribution in [0, 0.1) is 25.9 Å². The van der Waals surface area contributed by atoms with Crippen molar-refractivity contribution in [2.45, 2.75) is 53.3 Å². The number of imidazole rings is 1. The SMILES string of the molecule is CC(C)c1cc(-c2ccccc2)cc(C(C)C)c1-n1c(-c2[c-]ccc3c2oc2cc4c(cc23)oc2ccccc24)nc2ccccc21.[2H]C([2H])([2H])c1ccc(-c2[c-]cc(C)cc2)nc1.[Ir]. The Morgan fingerprint density at radius 3 is 2.03 bits per heavy atom. The van der Waals surface area contributed by atoms with Gasteiger partial charge >= 0.3 is 0 Å². The molecule has 6 heteroatoms. The van der Waals surface area contributed by atoms with Crippen LogP contribution in [0.3, 0.4) is 0 Å². The van der Waals surface area contributed by atoms with Crippen molar-refractivity contribution in [3.63, 3.8) is 0 Å². The first-order chi connectivity index (χ1) is 30.9. The molecule has 0 unspecified atom stereocenters. The summed E-state index contributed by atoms with van der Waals surface area (Å²) < 4.78 is 37.2. The van der Waals surface area contributed by atoms with Crippen molar-refractivity contribution in [2.24, 2.45) is 0 Å². The fourth-order valence-corrected chi connectivity index (χ4v) is 8.38. The molecule has 0 atom stereocenters. The molecule has 0 amide bonds. The first kappa shape index (κ1) is 37.2. The Labute approximate surface area is 379 Å². The van der Waals surface area contributed by atoms with Gasteiger partial charge in [0.25, 0.3) is 0 Å². The monoisotopic (exact) mass is 987 g/mol. The van der Waals surface area contributed by atoms with Crippen LogP contribution in [0.5, 0.6) is 0 Å². The van der Waals surface area contributed by atoms with Crippen LogP contribution in [-0.2, 0) is 20.1 Å². The molecule has 11 aromatic rings. The fraction of sp³-hybridized carbons (Fsp3) is 0.143. The minimum absolute atomic E-state index is 0. The maximum Gasteiger partial charge on any atom is 0.136 e. The van der Waals surface area contributed by atoms with Gasteiger partial charge in [0.05, 0.1) is 22.4 Å². The van der Waals surface area contributed by atoms with E-state index in [-0.39, 0.29) is 37.5 Å². The Morgan fingerprint density at radius 1 is 0.629 bits per heavy atom. The average molecular weight is 987 g/mol. The quantitative estimate of drug-likeness (QED) is 0.156. The standard InChI is InChI=1S/C43H33N2O2.C13H12N.Ir/c1-25(2)32-21-28(27-13-6-5-7-14-27)22-33(26(3)4)41(32)45-37-19-10-9-18-36(37)44-43(45)31-17-12-16-30-35-24-39-34(23-40(35)47-42(30)31)29-15-8-11-20-38(29)46-39;1-10-3-6-12(7-4-10)13-8-5-11(2)9-14-13;/h5-16,18-26H,1-4H3;3-6,8-9H,1-2H3;/q2*-1;/i;2D3;. The third kappa shape index (κ3) is 7.34. The van der Waals surface area contributed by atoms with E-state index in [1.165, 1.54) is 34.1 Å². The van der Waals surface area contributed by atoms with Gasteiger partial charge in [-0.25, -0.2) is 0 Å². The number of aryl methyl sites for hydroxylation is 2. The van der Waals surface area contributed by atoms with Crippen molar-refractivity contribution < 1.29 is 33.1 Å². The van der Waals surface area contributed by atoms with Crippen LogP contribution in [-0.4, -0.2) is 14.5 Å². The Balaban J connectivity index is 0.000000250. The maximum absolute atomic E-state index is 7.26. The Hall–Kier alpha value is -6.59. The van der Waals surface area contributed by atoms with Crippen LogP contribution in [0.15, 0.2) is 161 Å². The van der Waals surface area contributed by atoms with E-state index >= 15 is 0 Å². The number of rotatable bonds is 6. The van der Waals surface area contributed by atoms with Gasteiger partial charge < -0.3 is 18.4 Å². The molecule has 0 aliphatic heterocycles. The van der Waals surface area contributed by atoms with Gasteiger partial charge in [-0.2, -0.15) is 0 Å². The van der Waals surface area contributed by atoms with Crippen molar-refractivity contribution in [3.05, 3.63) is 186 Å². The van der Waals surface area contributed by atoms with Crippen molar-refractivity contribution in [2.75, 3.05) is 0 Å². The van der Waals surface area contributed by atoms with E-state index in [9.17, 15) is 0 Å². The number of nitrogens with zero attached hydrogens (tertiary/aromatic N) is 3. The van der Waals surface area contributed by atoms with E-state index in [4.69, 9.17) is 17.9 Å². The smallest absolute Gasteiger partial charge is 0.136 e. The number of para-hydroxylation sites is 3. The van der Waals surface area contributed by atoms with E-state index in [0.717, 1.165) is 83.1 Å². The largest absolute Gasteiger partial charge is 0.501 e. The molecule has 0 saturated carbocycles. The third-order valence-electron chi connectivity index (χ3n) is 11.5. The first-order valence-corrected chi connectivity index (χ1v) is 20.8. The van der Waals surface area contributed by atoms with Crippen LogP contribution >= 0.6 is 0 Å². The van der Waals surface area contributed by atoms with Gasteiger partial charge in [-0.3, -0.25) is 4.98 Å². The molecule has 0 aliphatic rings. The molecule has 4 aromatic heterocycles. The third-order valence-corrected chi connectivity index (χ3v) is 11.5. The molecule has 11 rings (SSSR count). The van der Waals surface area contributed by atoms with E-state index < -0.39 is 6.85 Å². The minimum Gasteiger partial charge on any atom is -0.501 e. The van der Waals surface area contributed by atoms with Gasteiger partial charge in [-0.05, 0) is 94.7 Å². The summed E-state index contributed by atoms with van der Waals surface area (Å²) in [6.07, 6.45) is 1.40. The Bertz CT molecular complexity index is 3460. The molecule has 0 bridgehead atoms. The molecule has 0 saturated heterocycles. The predicted octanol–water partition coefficient (Wildman–Crippen LogP) is 15.4. The summed E-state index contributed by atoms with van der Waals surface area (Å²) in [4.78, 5) is 9.45. The van der Waals surface area contributed by atoms with Gasteiger partial charge in [0, 0.05) is 52.3 Å². The average Bonchev–Trinajstić information content (AvgIpc) is 3.99. The number of fused-ring (bicyclic) bond motifs is 7. The normalized spacial score (nSPS) is 12.5. The summed E-state index contributed by atoms with van der Waals surface area (Å²) >= 11 is 0. The van der Waals surface area contributed by atoms with Crippen molar-refractivity contribution in [1.82, 2.24) is 14.5 Å². The summed E-state index contributed by atoms with van der Waals surface area (Å²) in [5.41, 5.74) is 15.3. The molecule has 5 nitrogen and oxygen atoms in total. The number of hydrogen-bond acceptors (Lipinski definition) is 4. The summed E-state index contributed by atoms with van der Waals surface area (Å²) in [5, 5.41) is 4.16. The number of hydrogen-bond donors (Lipinski definition) is 0. The van der Waals surface area contributed by atoms with Crippen LogP contribution in [0.4, 0.5) is 0 Å². The van der Waals surface area contributed by atoms with E-state index in [1.54, 1.807) is 12.1 Å². The zero-order valence-corrected chi connectivity index (χ0v) is 37.5. The summed E-state index contributed by atoms with van der Waals surface area (Å²) in [6, 6.07) is 56.0. The molecule has 62 heavy (non-hydrogen) atoms. The van der Waals surface area contributed by atoms with Gasteiger partial charge in [0.15, 0.2) is 0 Å². The first-order valence-electron chi connectivity index (χ1n) is 22.3. The van der Waals surface area contributed by atoms with Gasteiger partial charge in [-0.15, -0.1) is 53.6 Å². The Kier molecular flexibility index (Phi) is 10.0. The number of benzene rings is 7. The van der Waals surface area contributed by atoms with Crippen molar-refractivity contribution in [3.8, 4) is 39.5 Å². The minimum atomic E-state index is -2.09. The van der Waals surface area contributed by atoms with Crippen molar-refractivity contribution in [1.29, 1.82) is 0 Å². The van der Waals surface area contributed by atoms with Crippen LogP contribution in [0.1, 0.15) is 65.9 Å². The summed E-state index contributed by atoms with van der Waals surface area (Å²) in [6.45, 7) is 9.02. The second-order valence-electron chi connectivity index (χ2n) is 16.3. The second kappa shape index (κ2) is 16.7. The molecule has 307 valence electrons. The van der Waals surface area contributed by atoms with E-state index in [0.29, 0.717) is 0 Å². The molecular formula is C56H45IrN3O2-2. The molecule has 4 heterocycles. The van der Waals surface area contributed by atoms with Gasteiger partial charge in [0.1, 0.15) is 16.7 Å². The molecular weight excluding hydrogens is 939 g/mol. The van der Waals surface area contributed by atoms with Crippen LogP contribution in [0.2, 0.25) is 0 Å². The summed E-state index contributed by atoms with van der Waals surface area (Å²) in [7, 11) is 0. The van der Waals surface area contributed by atoms with Gasteiger partial charge in [-0.1, -0.05) is 118 Å². The zero-order chi connectivity index (χ0) is 44.3. The van der Waals surface area contributed by atoms with Crippen LogP contribution in [0.25, 0.3) is 94.4 Å². The van der Waals surface area contributed by atoms with Crippen molar-refractivity contribution >= 4 is 54.9 Å². The molecule has 0 N–H and O–H groups in total. The molecule has 7 aromatic carbocycles. The predicted molar refractivity (Wildman–Crippen MR) is 251 cm³/mol. The van der Waals surface area contributed by atoms with Gasteiger partial charge in [0.2, 0.25) is 0 Å². The summed E-state index contributed by atoms with van der Waals surface area (Å²) in [5.74, 6) is 1.37. The number of aromatic nitrogens is 3.